The highest BCUT2D eigenvalue weighted by atomic mass is 28.3. The maximum Gasteiger partial charge on any atom is 0.235 e. The van der Waals surface area contributed by atoms with E-state index in [1.165, 1.54) is 49.0 Å². The molecule has 0 radical (unpaired) electrons. The highest BCUT2D eigenvalue weighted by Crippen LogP contribution is 2.51. The Bertz CT molecular complexity index is 2290. The molecule has 7 aromatic rings. The van der Waals surface area contributed by atoms with Gasteiger partial charge in [0.25, 0.3) is 0 Å². The van der Waals surface area contributed by atoms with E-state index in [1.807, 2.05) is 0 Å². The van der Waals surface area contributed by atoms with Crippen LogP contribution in [0, 0.1) is 0 Å². The van der Waals surface area contributed by atoms with Crippen LogP contribution in [0.4, 0.5) is 0 Å². The van der Waals surface area contributed by atoms with Gasteiger partial charge in [0.2, 0.25) is 5.95 Å². The molecule has 0 saturated heterocycles. The Hall–Kier alpha value is -4.80. The van der Waals surface area contributed by atoms with Crippen molar-refractivity contribution < 1.29 is 0 Å². The Morgan fingerprint density at radius 1 is 0.581 bits per heavy atom. The summed E-state index contributed by atoms with van der Waals surface area (Å²) in [6.07, 6.45) is 0. The van der Waals surface area contributed by atoms with E-state index in [9.17, 15) is 0 Å². The van der Waals surface area contributed by atoms with Gasteiger partial charge in [-0.1, -0.05) is 124 Å². The Morgan fingerprint density at radius 3 is 2.09 bits per heavy atom. The average molecular weight is 570 g/mol. The molecule has 1 aliphatic heterocycles. The highest BCUT2D eigenvalue weighted by Gasteiger charge is 2.42. The minimum atomic E-state index is -2.03. The number of fused-ring (bicyclic) bond motifs is 9. The van der Waals surface area contributed by atoms with E-state index >= 15 is 0 Å². The molecule has 0 N–H and O–H groups in total. The van der Waals surface area contributed by atoms with E-state index in [2.05, 4.69) is 147 Å². The normalized spacial score (nSPS) is 15.3. The summed E-state index contributed by atoms with van der Waals surface area (Å²) < 4.78 is 2.31. The zero-order valence-corrected chi connectivity index (χ0v) is 25.8. The van der Waals surface area contributed by atoms with Crippen molar-refractivity contribution in [1.82, 2.24) is 14.5 Å². The first-order chi connectivity index (χ1) is 20.9. The predicted molar refractivity (Wildman–Crippen MR) is 182 cm³/mol. The Balaban J connectivity index is 1.41. The molecule has 206 valence electrons. The highest BCUT2D eigenvalue weighted by molar-refractivity contribution is 7.04. The molecule has 0 bridgehead atoms. The standard InChI is InChI=1S/C39H31N3Si/c1-39(2)30-19-11-8-16-25(30)28-23-33-29(22-31(28)39)26-17-9-12-20-32(26)42(33)38-40-35(24-14-6-5-7-15-24)37-36(41-38)27-18-10-13-21-34(27)43(37,3)4/h5-23H,1-4H3. The predicted octanol–water partition coefficient (Wildman–Crippen LogP) is 8.35. The SMILES string of the molecule is CC1(C)c2ccccc2-c2cc3c(cc21)c1ccccc1n3-c1nc(-c2ccccc2)c2c(n1)-c1ccccc1[Si]2(C)C. The molecular weight excluding hydrogens is 539 g/mol. The molecule has 0 unspecified atom stereocenters. The minimum absolute atomic E-state index is 0.0617. The van der Waals surface area contributed by atoms with Crippen molar-refractivity contribution >= 4 is 40.3 Å². The zero-order valence-electron chi connectivity index (χ0n) is 24.8. The fourth-order valence-corrected chi connectivity index (χ4v) is 11.1. The van der Waals surface area contributed by atoms with Crippen LogP contribution in [0.1, 0.15) is 25.0 Å². The number of hydrogen-bond donors (Lipinski definition) is 0. The van der Waals surface area contributed by atoms with Gasteiger partial charge in [-0.3, -0.25) is 4.57 Å². The van der Waals surface area contributed by atoms with Crippen LogP contribution >= 0.6 is 0 Å². The third kappa shape index (κ3) is 3.19. The lowest BCUT2D eigenvalue weighted by atomic mass is 9.82. The molecule has 0 amide bonds. The lowest BCUT2D eigenvalue weighted by molar-refractivity contribution is 0.661. The Kier molecular flexibility index (Phi) is 4.83. The lowest BCUT2D eigenvalue weighted by Crippen LogP contribution is -2.50. The first-order valence-corrected chi connectivity index (χ1v) is 18.1. The smallest absolute Gasteiger partial charge is 0.235 e. The third-order valence-electron chi connectivity index (χ3n) is 10.0. The van der Waals surface area contributed by atoms with Crippen LogP contribution in [-0.2, 0) is 5.41 Å². The molecule has 0 fully saturated rings. The van der Waals surface area contributed by atoms with Crippen LogP contribution in [0.3, 0.4) is 0 Å². The first-order valence-electron chi connectivity index (χ1n) is 15.1. The molecule has 0 atom stereocenters. The summed E-state index contributed by atoms with van der Waals surface area (Å²) >= 11 is 0. The number of aromatic nitrogens is 3. The molecule has 3 heterocycles. The molecule has 3 nitrogen and oxygen atoms in total. The Labute approximate surface area is 252 Å². The van der Waals surface area contributed by atoms with Gasteiger partial charge in [-0.15, -0.1) is 0 Å². The molecule has 1 aliphatic carbocycles. The molecule has 5 aromatic carbocycles. The van der Waals surface area contributed by atoms with Crippen molar-refractivity contribution in [3.8, 4) is 39.6 Å². The molecular formula is C39H31N3Si. The maximum absolute atomic E-state index is 5.49. The fourth-order valence-electron chi connectivity index (χ4n) is 7.89. The van der Waals surface area contributed by atoms with Gasteiger partial charge in [0.05, 0.1) is 22.4 Å². The van der Waals surface area contributed by atoms with E-state index in [4.69, 9.17) is 9.97 Å². The van der Waals surface area contributed by atoms with Gasteiger partial charge in [-0.05, 0) is 56.4 Å². The molecule has 0 spiro atoms. The van der Waals surface area contributed by atoms with E-state index in [0.717, 1.165) is 33.9 Å². The van der Waals surface area contributed by atoms with E-state index in [1.54, 1.807) is 0 Å². The molecule has 2 aliphatic rings. The Morgan fingerprint density at radius 2 is 1.26 bits per heavy atom. The summed E-state index contributed by atoms with van der Waals surface area (Å²) in [7, 11) is -2.03. The summed E-state index contributed by atoms with van der Waals surface area (Å²) in [5, 5.41) is 5.25. The van der Waals surface area contributed by atoms with Crippen molar-refractivity contribution in [3.63, 3.8) is 0 Å². The first kappa shape index (κ1) is 24.8. The summed E-state index contributed by atoms with van der Waals surface area (Å²) in [6, 6.07) is 42.0. The summed E-state index contributed by atoms with van der Waals surface area (Å²) in [5.74, 6) is 0.732. The van der Waals surface area contributed by atoms with E-state index < -0.39 is 8.07 Å². The molecule has 2 aromatic heterocycles. The van der Waals surface area contributed by atoms with Gasteiger partial charge in [0.1, 0.15) is 8.07 Å². The topological polar surface area (TPSA) is 30.7 Å². The van der Waals surface area contributed by atoms with Gasteiger partial charge in [0, 0.05) is 21.8 Å². The molecule has 0 saturated carbocycles. The second-order valence-corrected chi connectivity index (χ2v) is 17.4. The molecule has 43 heavy (non-hydrogen) atoms. The number of nitrogens with zero attached hydrogens (tertiary/aromatic N) is 3. The number of hydrogen-bond acceptors (Lipinski definition) is 2. The van der Waals surface area contributed by atoms with Gasteiger partial charge in [0.15, 0.2) is 0 Å². The van der Waals surface area contributed by atoms with Crippen LogP contribution < -0.4 is 10.4 Å². The molecule has 9 rings (SSSR count). The number of rotatable bonds is 2. The van der Waals surface area contributed by atoms with Crippen molar-refractivity contribution in [1.29, 1.82) is 0 Å². The van der Waals surface area contributed by atoms with Gasteiger partial charge in [-0.2, -0.15) is 0 Å². The molecule has 4 heteroatoms. The van der Waals surface area contributed by atoms with Crippen LogP contribution in [0.15, 0.2) is 115 Å². The van der Waals surface area contributed by atoms with Crippen LogP contribution in [0.25, 0.3) is 61.4 Å². The summed E-state index contributed by atoms with van der Waals surface area (Å²) in [5.41, 5.74) is 12.2. The zero-order chi connectivity index (χ0) is 29.1. The average Bonchev–Trinajstić information content (AvgIpc) is 3.57. The van der Waals surface area contributed by atoms with Crippen molar-refractivity contribution in [2.75, 3.05) is 0 Å². The lowest BCUT2D eigenvalue weighted by Gasteiger charge is -2.22. The van der Waals surface area contributed by atoms with Crippen molar-refractivity contribution in [3.05, 3.63) is 126 Å². The monoisotopic (exact) mass is 569 g/mol. The van der Waals surface area contributed by atoms with Crippen LogP contribution in [0.5, 0.6) is 0 Å². The van der Waals surface area contributed by atoms with Gasteiger partial charge < -0.3 is 0 Å². The second kappa shape index (κ2) is 8.39. The second-order valence-electron chi connectivity index (χ2n) is 13.1. The van der Waals surface area contributed by atoms with Crippen LogP contribution in [-0.4, -0.2) is 22.6 Å². The minimum Gasteiger partial charge on any atom is -0.278 e. The van der Waals surface area contributed by atoms with Gasteiger partial charge in [-0.25, -0.2) is 9.97 Å². The van der Waals surface area contributed by atoms with Gasteiger partial charge >= 0.3 is 0 Å². The van der Waals surface area contributed by atoms with Crippen molar-refractivity contribution in [2.24, 2.45) is 0 Å². The summed E-state index contributed by atoms with van der Waals surface area (Å²) in [6.45, 7) is 9.58. The summed E-state index contributed by atoms with van der Waals surface area (Å²) in [4.78, 5) is 11.0. The quantitative estimate of drug-likeness (QED) is 0.196. The largest absolute Gasteiger partial charge is 0.278 e. The fraction of sp³-hybridized carbons (Fsp3) is 0.128. The number of benzene rings is 5. The van der Waals surface area contributed by atoms with Crippen molar-refractivity contribution in [2.45, 2.75) is 32.4 Å². The maximum atomic E-state index is 5.49. The number of para-hydroxylation sites is 1. The van der Waals surface area contributed by atoms with Crippen LogP contribution in [0.2, 0.25) is 13.1 Å². The van der Waals surface area contributed by atoms with E-state index in [-0.39, 0.29) is 5.41 Å². The third-order valence-corrected chi connectivity index (χ3v) is 13.5. The van der Waals surface area contributed by atoms with E-state index in [0.29, 0.717) is 0 Å².